The molecule has 0 aliphatic carbocycles. The minimum atomic E-state index is -4.69. The van der Waals surface area contributed by atoms with E-state index in [1.165, 1.54) is 18.2 Å². The first-order valence-corrected chi connectivity index (χ1v) is 8.28. The number of hydrogen-bond acceptors (Lipinski definition) is 5. The number of benzene rings is 1. The van der Waals surface area contributed by atoms with E-state index in [2.05, 4.69) is 5.32 Å². The van der Waals surface area contributed by atoms with Crippen molar-refractivity contribution in [2.45, 2.75) is 25.8 Å². The van der Waals surface area contributed by atoms with E-state index < -0.39 is 21.2 Å². The summed E-state index contributed by atoms with van der Waals surface area (Å²) < 4.78 is 35.1. The number of carbonyl (C=O) groups is 1. The molecule has 0 unspecified atom stereocenters. The third-order valence-electron chi connectivity index (χ3n) is 3.75. The molecule has 0 atom stereocenters. The summed E-state index contributed by atoms with van der Waals surface area (Å²) in [7, 11) is -4.69. The highest BCUT2D eigenvalue weighted by Crippen LogP contribution is 2.20. The number of rotatable bonds is 4. The lowest BCUT2D eigenvalue weighted by Gasteiger charge is -2.29. The van der Waals surface area contributed by atoms with Crippen LogP contribution in [0.15, 0.2) is 18.2 Å². The van der Waals surface area contributed by atoms with Crippen LogP contribution in [-0.2, 0) is 10.4 Å². The Labute approximate surface area is 132 Å². The summed E-state index contributed by atoms with van der Waals surface area (Å²) in [4.78, 5) is 22.4. The molecule has 1 aliphatic heterocycles. The normalized spacial score (nSPS) is 17.0. The summed E-state index contributed by atoms with van der Waals surface area (Å²) in [6, 6.07) is 3.79. The molecular formula is C13H16FN3O5S. The van der Waals surface area contributed by atoms with Crippen LogP contribution in [0.2, 0.25) is 0 Å². The quantitative estimate of drug-likeness (QED) is 0.503. The van der Waals surface area contributed by atoms with Gasteiger partial charge < -0.3 is 5.32 Å². The van der Waals surface area contributed by atoms with Gasteiger partial charge in [0.1, 0.15) is 0 Å². The molecule has 1 saturated heterocycles. The lowest BCUT2D eigenvalue weighted by molar-refractivity contribution is -0.385. The maximum Gasteiger partial charge on any atom is 0.374 e. The number of nitro benzene ring substituents is 1. The first-order valence-electron chi connectivity index (χ1n) is 6.94. The molecule has 1 N–H and O–H groups in total. The van der Waals surface area contributed by atoms with Crippen molar-refractivity contribution in [3.63, 3.8) is 0 Å². The smallest absolute Gasteiger partial charge is 0.349 e. The highest BCUT2D eigenvalue weighted by molar-refractivity contribution is 7.83. The Bertz CT molecular complexity index is 729. The molecule has 1 aromatic carbocycles. The predicted octanol–water partition coefficient (Wildman–Crippen LogP) is 1.31. The van der Waals surface area contributed by atoms with Gasteiger partial charge in [-0.25, -0.2) is 0 Å². The molecule has 1 fully saturated rings. The van der Waals surface area contributed by atoms with Crippen molar-refractivity contribution < 1.29 is 22.0 Å². The summed E-state index contributed by atoms with van der Waals surface area (Å²) >= 11 is 0. The van der Waals surface area contributed by atoms with E-state index in [-0.39, 0.29) is 30.4 Å². The molecule has 8 nitrogen and oxygen atoms in total. The van der Waals surface area contributed by atoms with Gasteiger partial charge in [0.15, 0.2) is 0 Å². The van der Waals surface area contributed by atoms with Crippen LogP contribution in [0, 0.1) is 17.0 Å². The van der Waals surface area contributed by atoms with Gasteiger partial charge in [-0.15, -0.1) is 0 Å². The van der Waals surface area contributed by atoms with Crippen molar-refractivity contribution >= 4 is 22.0 Å². The number of nitrogens with one attached hydrogen (secondary N) is 1. The number of nitrogens with zero attached hydrogens (tertiary/aromatic N) is 2. The van der Waals surface area contributed by atoms with Gasteiger partial charge in [-0.1, -0.05) is 3.89 Å². The van der Waals surface area contributed by atoms with Crippen molar-refractivity contribution in [2.24, 2.45) is 0 Å². The number of carbonyl (C=O) groups excluding carboxylic acids is 1. The molecule has 126 valence electrons. The Hall–Kier alpha value is -2.07. The SMILES string of the molecule is Cc1cc(C(=O)NC2CCN(S(=O)(=O)F)CC2)ccc1[N+](=O)[O-]. The van der Waals surface area contributed by atoms with Gasteiger partial charge in [0, 0.05) is 36.3 Å². The van der Waals surface area contributed by atoms with Crippen molar-refractivity contribution in [3.05, 3.63) is 39.4 Å². The lowest BCUT2D eigenvalue weighted by Crippen LogP contribution is -2.45. The van der Waals surface area contributed by atoms with Crippen LogP contribution in [0.1, 0.15) is 28.8 Å². The van der Waals surface area contributed by atoms with E-state index in [9.17, 15) is 27.2 Å². The van der Waals surface area contributed by atoms with Gasteiger partial charge in [-0.2, -0.15) is 12.7 Å². The summed E-state index contributed by atoms with van der Waals surface area (Å²) in [5.41, 5.74) is 0.595. The molecule has 1 amide bonds. The topological polar surface area (TPSA) is 110 Å². The molecule has 0 saturated carbocycles. The second-order valence-electron chi connectivity index (χ2n) is 5.35. The fourth-order valence-corrected chi connectivity index (χ4v) is 3.14. The van der Waals surface area contributed by atoms with E-state index in [1.807, 2.05) is 0 Å². The molecule has 0 radical (unpaired) electrons. The summed E-state index contributed by atoms with van der Waals surface area (Å²) in [5.74, 6) is -0.399. The molecule has 0 spiro atoms. The zero-order valence-corrected chi connectivity index (χ0v) is 13.2. The standard InChI is InChI=1S/C13H16FN3O5S/c1-9-8-10(2-3-12(9)17(19)20)13(18)15-11-4-6-16(7-5-11)23(14,21)22/h2-3,8,11H,4-7H2,1H3,(H,15,18). The van der Waals surface area contributed by atoms with Crippen LogP contribution in [0.4, 0.5) is 9.57 Å². The van der Waals surface area contributed by atoms with Crippen LogP contribution in [-0.4, -0.2) is 42.7 Å². The monoisotopic (exact) mass is 345 g/mol. The Morgan fingerprint density at radius 2 is 2.00 bits per heavy atom. The van der Waals surface area contributed by atoms with Crippen LogP contribution in [0.25, 0.3) is 0 Å². The number of nitro groups is 1. The second kappa shape index (κ2) is 6.59. The third kappa shape index (κ3) is 4.23. The van der Waals surface area contributed by atoms with Crippen LogP contribution in [0.3, 0.4) is 0 Å². The van der Waals surface area contributed by atoms with Crippen molar-refractivity contribution in [3.8, 4) is 0 Å². The number of halogens is 1. The largest absolute Gasteiger partial charge is 0.374 e. The first kappa shape index (κ1) is 17.3. The summed E-state index contributed by atoms with van der Waals surface area (Å²) in [5, 5.41) is 13.5. The zero-order valence-electron chi connectivity index (χ0n) is 12.4. The van der Waals surface area contributed by atoms with Crippen molar-refractivity contribution in [1.82, 2.24) is 9.62 Å². The first-order chi connectivity index (χ1) is 10.7. The highest BCUT2D eigenvalue weighted by Gasteiger charge is 2.28. The van der Waals surface area contributed by atoms with Crippen LogP contribution in [0.5, 0.6) is 0 Å². The van der Waals surface area contributed by atoms with Gasteiger partial charge in [-0.3, -0.25) is 14.9 Å². The Balaban J connectivity index is 1.98. The second-order valence-corrected chi connectivity index (χ2v) is 6.69. The van der Waals surface area contributed by atoms with E-state index in [4.69, 9.17) is 0 Å². The Morgan fingerprint density at radius 3 is 2.48 bits per heavy atom. The molecular weight excluding hydrogens is 329 g/mol. The van der Waals surface area contributed by atoms with E-state index in [1.54, 1.807) is 6.92 Å². The molecule has 1 aromatic rings. The highest BCUT2D eigenvalue weighted by atomic mass is 32.3. The molecule has 10 heteroatoms. The fraction of sp³-hybridized carbons (Fsp3) is 0.462. The average molecular weight is 345 g/mol. The summed E-state index contributed by atoms with van der Waals surface area (Å²) in [6.45, 7) is 1.55. The maximum absolute atomic E-state index is 12.8. The number of hydrogen-bond donors (Lipinski definition) is 1. The minimum Gasteiger partial charge on any atom is -0.349 e. The Morgan fingerprint density at radius 1 is 1.39 bits per heavy atom. The van der Waals surface area contributed by atoms with Gasteiger partial charge in [0.25, 0.3) is 11.6 Å². The number of amides is 1. The minimum absolute atomic E-state index is 0.00304. The maximum atomic E-state index is 12.8. The fourth-order valence-electron chi connectivity index (χ4n) is 2.49. The molecule has 2 rings (SSSR count). The van der Waals surface area contributed by atoms with Crippen LogP contribution < -0.4 is 5.32 Å². The van der Waals surface area contributed by atoms with E-state index in [0.717, 1.165) is 4.31 Å². The molecule has 1 heterocycles. The van der Waals surface area contributed by atoms with Gasteiger partial charge in [0.2, 0.25) is 0 Å². The van der Waals surface area contributed by atoms with Crippen LogP contribution >= 0.6 is 0 Å². The van der Waals surface area contributed by atoms with Gasteiger partial charge in [-0.05, 0) is 31.9 Å². The Kier molecular flexibility index (Phi) is 4.95. The number of aryl methyl sites for hydroxylation is 1. The van der Waals surface area contributed by atoms with Crippen molar-refractivity contribution in [2.75, 3.05) is 13.1 Å². The molecule has 1 aliphatic rings. The van der Waals surface area contributed by atoms with Gasteiger partial charge >= 0.3 is 10.4 Å². The predicted molar refractivity (Wildman–Crippen MR) is 79.9 cm³/mol. The lowest BCUT2D eigenvalue weighted by atomic mass is 10.0. The third-order valence-corrected chi connectivity index (χ3v) is 4.74. The van der Waals surface area contributed by atoms with Gasteiger partial charge in [0.05, 0.1) is 4.92 Å². The summed E-state index contributed by atoms with van der Waals surface area (Å²) in [6.07, 6.45) is 0.613. The molecule has 0 aromatic heterocycles. The average Bonchev–Trinajstić information content (AvgIpc) is 2.46. The molecule has 23 heavy (non-hydrogen) atoms. The van der Waals surface area contributed by atoms with Crippen molar-refractivity contribution in [1.29, 1.82) is 0 Å². The van der Waals surface area contributed by atoms with E-state index in [0.29, 0.717) is 18.4 Å². The molecule has 0 bridgehead atoms. The zero-order chi connectivity index (χ0) is 17.2. The number of piperidine rings is 1. The van der Waals surface area contributed by atoms with E-state index >= 15 is 0 Å².